The minimum absolute atomic E-state index is 0.101. The summed E-state index contributed by atoms with van der Waals surface area (Å²) >= 11 is 2.07. The molecule has 0 spiro atoms. The van der Waals surface area contributed by atoms with Gasteiger partial charge in [0, 0.05) is 23.3 Å². The molecule has 0 aliphatic heterocycles. The molecule has 208 valence electrons. The first-order chi connectivity index (χ1) is 17.1. The van der Waals surface area contributed by atoms with E-state index in [1.54, 1.807) is 0 Å². The summed E-state index contributed by atoms with van der Waals surface area (Å²) < 4.78 is 10.9. The van der Waals surface area contributed by atoms with E-state index in [4.69, 9.17) is 9.47 Å². The average molecular weight is 515 g/mol. The summed E-state index contributed by atoms with van der Waals surface area (Å²) in [4.78, 5) is 23.3. The van der Waals surface area contributed by atoms with Crippen LogP contribution in [0, 0.1) is 0 Å². The van der Waals surface area contributed by atoms with Crippen LogP contribution in [-0.4, -0.2) is 35.7 Å². The Balaban J connectivity index is 4.68. The van der Waals surface area contributed by atoms with Gasteiger partial charge >= 0.3 is 11.9 Å². The third-order valence-corrected chi connectivity index (χ3v) is 8.34. The van der Waals surface area contributed by atoms with Crippen LogP contribution in [-0.2, 0) is 19.1 Å². The summed E-state index contributed by atoms with van der Waals surface area (Å²) in [6, 6.07) is 0. The maximum Gasteiger partial charge on any atom is 0.305 e. The van der Waals surface area contributed by atoms with Crippen LogP contribution in [0.1, 0.15) is 156 Å². The molecule has 35 heavy (non-hydrogen) atoms. The molecular weight excluding hydrogens is 456 g/mol. The molecule has 0 rings (SSSR count). The number of carbonyl (C=O) groups excluding carboxylic acids is 2. The van der Waals surface area contributed by atoms with Gasteiger partial charge < -0.3 is 9.47 Å². The van der Waals surface area contributed by atoms with Crippen molar-refractivity contribution in [3.05, 3.63) is 0 Å². The molecule has 0 radical (unpaired) electrons. The van der Waals surface area contributed by atoms with Crippen LogP contribution in [0.15, 0.2) is 0 Å². The normalized spacial score (nSPS) is 12.9. The SMILES string of the molecule is CCCCCCCCCC(CCOC(=O)CC)SC(CCCCCCCCC)CCOC(=O)CC. The molecule has 0 saturated heterocycles. The molecule has 0 aliphatic carbocycles. The van der Waals surface area contributed by atoms with Crippen molar-refractivity contribution in [1.29, 1.82) is 0 Å². The second-order valence-corrected chi connectivity index (χ2v) is 11.5. The van der Waals surface area contributed by atoms with Crippen molar-refractivity contribution in [3.8, 4) is 0 Å². The zero-order valence-corrected chi connectivity index (χ0v) is 24.6. The number of carbonyl (C=O) groups is 2. The van der Waals surface area contributed by atoms with Crippen LogP contribution < -0.4 is 0 Å². The molecule has 0 amide bonds. The lowest BCUT2D eigenvalue weighted by atomic mass is 10.1. The summed E-state index contributed by atoms with van der Waals surface area (Å²) in [6.07, 6.45) is 23.6. The van der Waals surface area contributed by atoms with Crippen LogP contribution in [0.5, 0.6) is 0 Å². The minimum Gasteiger partial charge on any atom is -0.466 e. The molecule has 5 heteroatoms. The third-order valence-electron chi connectivity index (χ3n) is 6.63. The van der Waals surface area contributed by atoms with E-state index in [0.717, 1.165) is 12.8 Å². The number of esters is 2. The number of ether oxygens (including phenoxy) is 2. The lowest BCUT2D eigenvalue weighted by Crippen LogP contribution is -2.17. The Hall–Kier alpha value is -0.710. The van der Waals surface area contributed by atoms with Gasteiger partial charge in [0.1, 0.15) is 0 Å². The maximum absolute atomic E-state index is 11.6. The van der Waals surface area contributed by atoms with Crippen molar-refractivity contribution in [2.75, 3.05) is 13.2 Å². The van der Waals surface area contributed by atoms with Gasteiger partial charge in [-0.25, -0.2) is 0 Å². The van der Waals surface area contributed by atoms with E-state index in [-0.39, 0.29) is 11.9 Å². The lowest BCUT2D eigenvalue weighted by Gasteiger charge is -2.24. The first-order valence-corrected chi connectivity index (χ1v) is 16.0. The predicted molar refractivity (Wildman–Crippen MR) is 152 cm³/mol. The molecule has 0 saturated carbocycles. The van der Waals surface area contributed by atoms with E-state index >= 15 is 0 Å². The standard InChI is InChI=1S/C30H58O4S/c1-5-9-11-13-15-17-19-21-27(23-25-33-29(31)7-3)35-28(24-26-34-30(32)8-4)22-20-18-16-14-12-10-6-2/h27-28H,5-26H2,1-4H3. The molecule has 4 nitrogen and oxygen atoms in total. The van der Waals surface area contributed by atoms with E-state index in [0.29, 0.717) is 36.6 Å². The maximum atomic E-state index is 11.6. The fourth-order valence-electron chi connectivity index (χ4n) is 4.30. The van der Waals surface area contributed by atoms with Gasteiger partial charge in [-0.05, 0) is 25.7 Å². The number of thioether (sulfide) groups is 1. The van der Waals surface area contributed by atoms with Gasteiger partial charge in [-0.2, -0.15) is 11.8 Å². The van der Waals surface area contributed by atoms with Gasteiger partial charge in [0.2, 0.25) is 0 Å². The third kappa shape index (κ3) is 23.4. The van der Waals surface area contributed by atoms with E-state index in [9.17, 15) is 9.59 Å². The zero-order valence-electron chi connectivity index (χ0n) is 23.8. The first-order valence-electron chi connectivity index (χ1n) is 15.0. The van der Waals surface area contributed by atoms with Crippen molar-refractivity contribution >= 4 is 23.7 Å². The summed E-state index contributed by atoms with van der Waals surface area (Å²) in [7, 11) is 0. The van der Waals surface area contributed by atoms with Crippen molar-refractivity contribution in [1.82, 2.24) is 0 Å². The van der Waals surface area contributed by atoms with E-state index in [2.05, 4.69) is 25.6 Å². The summed E-state index contributed by atoms with van der Waals surface area (Å²) in [6.45, 7) is 9.27. The molecule has 0 N–H and O–H groups in total. The Bertz CT molecular complexity index is 441. The molecular formula is C30H58O4S. The Morgan fingerprint density at radius 2 is 0.857 bits per heavy atom. The number of rotatable bonds is 26. The molecule has 0 aromatic heterocycles. The Morgan fingerprint density at radius 1 is 0.514 bits per heavy atom. The second-order valence-electron chi connectivity index (χ2n) is 9.93. The quantitative estimate of drug-likeness (QED) is 0.0849. The van der Waals surface area contributed by atoms with Gasteiger partial charge in [0.25, 0.3) is 0 Å². The number of unbranched alkanes of at least 4 members (excludes halogenated alkanes) is 12. The van der Waals surface area contributed by atoms with Gasteiger partial charge in [0.15, 0.2) is 0 Å². The number of hydrogen-bond acceptors (Lipinski definition) is 5. The van der Waals surface area contributed by atoms with E-state index in [1.807, 2.05) is 13.8 Å². The molecule has 0 bridgehead atoms. The molecule has 0 aromatic rings. The highest BCUT2D eigenvalue weighted by molar-refractivity contribution is 8.00. The highest BCUT2D eigenvalue weighted by Crippen LogP contribution is 2.31. The largest absolute Gasteiger partial charge is 0.466 e. The van der Waals surface area contributed by atoms with Crippen molar-refractivity contribution in [2.45, 2.75) is 167 Å². The molecule has 2 unspecified atom stereocenters. The van der Waals surface area contributed by atoms with Gasteiger partial charge in [-0.1, -0.05) is 118 Å². The van der Waals surface area contributed by atoms with E-state index in [1.165, 1.54) is 103 Å². The van der Waals surface area contributed by atoms with Crippen molar-refractivity contribution < 1.29 is 19.1 Å². The minimum atomic E-state index is -0.101. The smallest absolute Gasteiger partial charge is 0.305 e. The predicted octanol–water partition coefficient (Wildman–Crippen LogP) is 9.42. The topological polar surface area (TPSA) is 52.6 Å². The molecule has 2 atom stereocenters. The first kappa shape index (κ1) is 34.3. The van der Waals surface area contributed by atoms with Crippen LogP contribution in [0.3, 0.4) is 0 Å². The Morgan fingerprint density at radius 3 is 1.20 bits per heavy atom. The fourth-order valence-corrected chi connectivity index (χ4v) is 5.92. The summed E-state index contributed by atoms with van der Waals surface area (Å²) in [5.74, 6) is -0.202. The molecule has 0 heterocycles. The fraction of sp³-hybridized carbons (Fsp3) is 0.933. The molecule has 0 fully saturated rings. The van der Waals surface area contributed by atoms with Crippen LogP contribution >= 0.6 is 11.8 Å². The van der Waals surface area contributed by atoms with Crippen LogP contribution in [0.4, 0.5) is 0 Å². The summed E-state index contributed by atoms with van der Waals surface area (Å²) in [5, 5.41) is 1.01. The van der Waals surface area contributed by atoms with Crippen molar-refractivity contribution in [3.63, 3.8) is 0 Å². The second kappa shape index (κ2) is 26.4. The summed E-state index contributed by atoms with van der Waals surface area (Å²) in [5.41, 5.74) is 0. The molecule has 0 aromatic carbocycles. The molecule has 0 aliphatic rings. The van der Waals surface area contributed by atoms with Crippen LogP contribution in [0.25, 0.3) is 0 Å². The number of hydrogen-bond donors (Lipinski definition) is 0. The Labute approximate surface area is 222 Å². The monoisotopic (exact) mass is 514 g/mol. The van der Waals surface area contributed by atoms with Gasteiger partial charge in [0.05, 0.1) is 13.2 Å². The van der Waals surface area contributed by atoms with Gasteiger partial charge in [-0.3, -0.25) is 9.59 Å². The average Bonchev–Trinajstić information content (AvgIpc) is 2.86. The lowest BCUT2D eigenvalue weighted by molar-refractivity contribution is -0.144. The Kier molecular flexibility index (Phi) is 25.8. The van der Waals surface area contributed by atoms with Crippen LogP contribution in [0.2, 0.25) is 0 Å². The zero-order chi connectivity index (χ0) is 26.0. The highest BCUT2D eigenvalue weighted by atomic mass is 32.2. The highest BCUT2D eigenvalue weighted by Gasteiger charge is 2.18. The van der Waals surface area contributed by atoms with Gasteiger partial charge in [-0.15, -0.1) is 0 Å². The van der Waals surface area contributed by atoms with E-state index < -0.39 is 0 Å². The van der Waals surface area contributed by atoms with Crippen molar-refractivity contribution in [2.24, 2.45) is 0 Å².